The number of rotatable bonds is 13. The fourth-order valence-electron chi connectivity index (χ4n) is 4.34. The maximum atomic E-state index is 13.0. The molecule has 0 radical (unpaired) electrons. The highest BCUT2D eigenvalue weighted by Crippen LogP contribution is 2.25. The number of aryl methyl sites for hydroxylation is 2. The van der Waals surface area contributed by atoms with E-state index in [2.05, 4.69) is 23.9 Å². The highest BCUT2D eigenvalue weighted by atomic mass is 32.2. The third-order valence-electron chi connectivity index (χ3n) is 6.48. The number of methoxy groups -OCH3 is 1. The van der Waals surface area contributed by atoms with Crippen LogP contribution in [0.3, 0.4) is 0 Å². The smallest absolute Gasteiger partial charge is 0.248 e. The molecule has 2 rings (SSSR count). The van der Waals surface area contributed by atoms with Gasteiger partial charge in [0.15, 0.2) is 0 Å². The molecule has 194 valence electrons. The lowest BCUT2D eigenvalue weighted by atomic mass is 10.0. The van der Waals surface area contributed by atoms with Crippen LogP contribution in [0.25, 0.3) is 0 Å². The summed E-state index contributed by atoms with van der Waals surface area (Å²) in [5.41, 5.74) is 1.87. The number of ether oxygens (including phenoxy) is 2. The van der Waals surface area contributed by atoms with Gasteiger partial charge in [0, 0.05) is 39.8 Å². The largest absolute Gasteiger partial charge is 0.497 e. The second kappa shape index (κ2) is 14.1. The van der Waals surface area contributed by atoms with Gasteiger partial charge in [-0.15, -0.1) is 0 Å². The van der Waals surface area contributed by atoms with Crippen LogP contribution in [0.4, 0.5) is 0 Å². The van der Waals surface area contributed by atoms with Gasteiger partial charge in [-0.2, -0.15) is 0 Å². The normalized spacial score (nSPS) is 16.3. The van der Waals surface area contributed by atoms with Crippen LogP contribution in [0.2, 0.25) is 0 Å². The molecule has 1 aromatic carbocycles. The molecule has 0 saturated carbocycles. The van der Waals surface area contributed by atoms with Crippen LogP contribution in [-0.2, 0) is 20.5 Å². The molecule has 1 aliphatic heterocycles. The molecule has 1 heterocycles. The molecular formula is C25H44N4O4S. The van der Waals surface area contributed by atoms with E-state index in [9.17, 15) is 9.00 Å². The van der Waals surface area contributed by atoms with Crippen LogP contribution in [0.1, 0.15) is 30.4 Å². The lowest BCUT2D eigenvalue weighted by Crippen LogP contribution is -2.47. The summed E-state index contributed by atoms with van der Waals surface area (Å²) in [4.78, 5) is 20.0. The first-order chi connectivity index (χ1) is 16.1. The van der Waals surface area contributed by atoms with E-state index in [1.165, 1.54) is 6.42 Å². The van der Waals surface area contributed by atoms with Gasteiger partial charge in [-0.25, -0.2) is 8.51 Å². The second-order valence-corrected chi connectivity index (χ2v) is 11.0. The molecule has 1 atom stereocenters. The zero-order valence-electron chi connectivity index (χ0n) is 22.1. The lowest BCUT2D eigenvalue weighted by molar-refractivity contribution is -0.137. The van der Waals surface area contributed by atoms with Crippen LogP contribution in [0.15, 0.2) is 17.0 Å². The van der Waals surface area contributed by atoms with Gasteiger partial charge in [-0.05, 0) is 83.6 Å². The van der Waals surface area contributed by atoms with Crippen molar-refractivity contribution < 1.29 is 18.5 Å². The Bertz CT molecular complexity index is 789. The van der Waals surface area contributed by atoms with E-state index in [1.54, 1.807) is 11.4 Å². The van der Waals surface area contributed by atoms with E-state index in [-0.39, 0.29) is 18.6 Å². The van der Waals surface area contributed by atoms with Crippen molar-refractivity contribution in [2.75, 3.05) is 81.2 Å². The minimum absolute atomic E-state index is 0.0108. The van der Waals surface area contributed by atoms with Crippen LogP contribution >= 0.6 is 0 Å². The number of piperidine rings is 1. The van der Waals surface area contributed by atoms with Gasteiger partial charge in [0.2, 0.25) is 5.91 Å². The predicted molar refractivity (Wildman–Crippen MR) is 138 cm³/mol. The van der Waals surface area contributed by atoms with Gasteiger partial charge in [0.25, 0.3) is 0 Å². The molecule has 1 fully saturated rings. The van der Waals surface area contributed by atoms with Crippen molar-refractivity contribution in [3.8, 4) is 5.75 Å². The number of amides is 1. The van der Waals surface area contributed by atoms with Crippen LogP contribution in [0, 0.1) is 13.8 Å². The van der Waals surface area contributed by atoms with Gasteiger partial charge in [-0.3, -0.25) is 4.79 Å². The highest BCUT2D eigenvalue weighted by Gasteiger charge is 2.25. The lowest BCUT2D eigenvalue weighted by Gasteiger charge is -2.36. The Balaban J connectivity index is 1.70. The second-order valence-electron chi connectivity index (χ2n) is 9.48. The van der Waals surface area contributed by atoms with E-state index in [4.69, 9.17) is 9.47 Å². The van der Waals surface area contributed by atoms with Crippen LogP contribution < -0.4 is 4.74 Å². The van der Waals surface area contributed by atoms with Crippen molar-refractivity contribution in [3.05, 3.63) is 23.3 Å². The minimum Gasteiger partial charge on any atom is -0.497 e. The van der Waals surface area contributed by atoms with Crippen LogP contribution in [-0.4, -0.2) is 116 Å². The summed E-state index contributed by atoms with van der Waals surface area (Å²) in [6.07, 6.45) is 3.19. The van der Waals surface area contributed by atoms with Crippen molar-refractivity contribution >= 4 is 16.9 Å². The Morgan fingerprint density at radius 1 is 1.09 bits per heavy atom. The number of hydrogen-bond donors (Lipinski definition) is 0. The number of benzene rings is 1. The molecular weight excluding hydrogens is 452 g/mol. The third kappa shape index (κ3) is 8.61. The molecule has 0 bridgehead atoms. The summed E-state index contributed by atoms with van der Waals surface area (Å²) < 4.78 is 25.7. The van der Waals surface area contributed by atoms with Gasteiger partial charge in [0.05, 0.1) is 18.6 Å². The molecule has 9 heteroatoms. The average molecular weight is 497 g/mol. The maximum Gasteiger partial charge on any atom is 0.248 e. The fourth-order valence-corrected chi connectivity index (χ4v) is 5.56. The Morgan fingerprint density at radius 2 is 1.71 bits per heavy atom. The molecule has 1 saturated heterocycles. The molecule has 1 amide bonds. The summed E-state index contributed by atoms with van der Waals surface area (Å²) in [6, 6.07) is 4.07. The number of carbonyl (C=O) groups is 1. The Labute approximate surface area is 208 Å². The Morgan fingerprint density at radius 3 is 2.26 bits per heavy atom. The number of likely N-dealkylation sites (N-methyl/N-ethyl adjacent to an activating group) is 2. The first-order valence-electron chi connectivity index (χ1n) is 12.1. The van der Waals surface area contributed by atoms with Crippen molar-refractivity contribution in [1.82, 2.24) is 19.0 Å². The van der Waals surface area contributed by atoms with Crippen molar-refractivity contribution in [3.63, 3.8) is 0 Å². The minimum atomic E-state index is -1.30. The number of hydrogen-bond acceptors (Lipinski definition) is 6. The summed E-state index contributed by atoms with van der Waals surface area (Å²) in [5.74, 6) is 0.774. The first-order valence-corrected chi connectivity index (χ1v) is 13.2. The monoisotopic (exact) mass is 496 g/mol. The number of likely N-dealkylation sites (tertiary alicyclic amines) is 1. The summed E-state index contributed by atoms with van der Waals surface area (Å²) in [6.45, 7) is 9.06. The quantitative estimate of drug-likeness (QED) is 0.390. The van der Waals surface area contributed by atoms with E-state index < -0.39 is 11.0 Å². The van der Waals surface area contributed by atoms with Gasteiger partial charge < -0.3 is 24.2 Å². The summed E-state index contributed by atoms with van der Waals surface area (Å²) in [5, 5.41) is 0. The number of nitrogens with zero attached hydrogens (tertiary/aromatic N) is 4. The molecule has 0 aromatic heterocycles. The molecule has 0 N–H and O–H groups in total. The van der Waals surface area contributed by atoms with Crippen molar-refractivity contribution in [1.29, 1.82) is 0 Å². The van der Waals surface area contributed by atoms with E-state index in [0.717, 1.165) is 60.8 Å². The molecule has 0 spiro atoms. The Kier molecular flexibility index (Phi) is 11.9. The van der Waals surface area contributed by atoms with Crippen molar-refractivity contribution in [2.45, 2.75) is 44.0 Å². The first kappa shape index (κ1) is 28.7. The zero-order chi connectivity index (χ0) is 25.3. The highest BCUT2D eigenvalue weighted by molar-refractivity contribution is 7.82. The van der Waals surface area contributed by atoms with Crippen LogP contribution in [0.5, 0.6) is 5.75 Å². The average Bonchev–Trinajstić information content (AvgIpc) is 2.80. The molecule has 1 aromatic rings. The standard InChI is InChI=1S/C25H44N4O4S/c1-20-17-23(32-7)18-21(2)25(20)34(31)27(5)15-16-33-19-24(30)28(6)22-9-13-29(14-10-22)12-8-11-26(3)4/h17-18,22H,8-16,19H2,1-7H3. The number of carbonyl (C=O) groups excluding carboxylic acids is 1. The van der Waals surface area contributed by atoms with Crippen molar-refractivity contribution in [2.24, 2.45) is 0 Å². The van der Waals surface area contributed by atoms with Gasteiger partial charge >= 0.3 is 0 Å². The van der Waals surface area contributed by atoms with E-state index in [1.807, 2.05) is 45.0 Å². The molecule has 0 aliphatic carbocycles. The summed E-state index contributed by atoms with van der Waals surface area (Å²) in [7, 11) is 8.23. The summed E-state index contributed by atoms with van der Waals surface area (Å²) >= 11 is 0. The van der Waals surface area contributed by atoms with E-state index >= 15 is 0 Å². The molecule has 1 aliphatic rings. The molecule has 34 heavy (non-hydrogen) atoms. The van der Waals surface area contributed by atoms with Gasteiger partial charge in [0.1, 0.15) is 23.3 Å². The van der Waals surface area contributed by atoms with E-state index in [0.29, 0.717) is 13.2 Å². The predicted octanol–water partition coefficient (Wildman–Crippen LogP) is 2.16. The zero-order valence-corrected chi connectivity index (χ0v) is 22.9. The Hall–Kier alpha value is -1.52. The fraction of sp³-hybridized carbons (Fsp3) is 0.720. The third-order valence-corrected chi connectivity index (χ3v) is 8.22. The molecule has 8 nitrogen and oxygen atoms in total. The molecule has 1 unspecified atom stereocenters. The topological polar surface area (TPSA) is 65.6 Å². The maximum absolute atomic E-state index is 13.0. The van der Waals surface area contributed by atoms with Gasteiger partial charge in [-0.1, -0.05) is 0 Å². The SMILES string of the molecule is COc1cc(C)c(S(=O)N(C)CCOCC(=O)N(C)C2CCN(CCCN(C)C)CC2)c(C)c1.